The van der Waals surface area contributed by atoms with Gasteiger partial charge in [0.25, 0.3) is 0 Å². The number of carbonyl (C=O) groups is 1. The first-order chi connectivity index (χ1) is 8.34. The zero-order valence-electron chi connectivity index (χ0n) is 9.98. The van der Waals surface area contributed by atoms with Gasteiger partial charge in [-0.3, -0.25) is 4.79 Å². The van der Waals surface area contributed by atoms with E-state index in [1.807, 2.05) is 4.90 Å². The van der Waals surface area contributed by atoms with Gasteiger partial charge < -0.3 is 10.2 Å². The van der Waals surface area contributed by atoms with Crippen molar-refractivity contribution >= 4 is 5.91 Å². The molecule has 1 fully saturated rings. The van der Waals surface area contributed by atoms with Crippen LogP contribution in [0.25, 0.3) is 0 Å². The molecule has 2 heterocycles. The van der Waals surface area contributed by atoms with Crippen LogP contribution in [-0.4, -0.2) is 30.4 Å². The first-order valence-corrected chi connectivity index (χ1v) is 6.41. The number of fused-ring (bicyclic) bond motifs is 1. The number of hydrogen-bond acceptors (Lipinski definition) is 2. The Bertz CT molecular complexity index is 424. The van der Waals surface area contributed by atoms with Gasteiger partial charge in [0.2, 0.25) is 5.91 Å². The van der Waals surface area contributed by atoms with Gasteiger partial charge in [-0.15, -0.1) is 0 Å². The van der Waals surface area contributed by atoms with E-state index >= 15 is 0 Å². The van der Waals surface area contributed by atoms with Crippen LogP contribution in [0.3, 0.4) is 0 Å². The molecule has 90 valence electrons. The Morgan fingerprint density at radius 2 is 2.12 bits per heavy atom. The lowest BCUT2D eigenvalue weighted by molar-refractivity contribution is -0.135. The highest BCUT2D eigenvalue weighted by Gasteiger charge is 2.28. The van der Waals surface area contributed by atoms with E-state index < -0.39 is 0 Å². The Hall–Kier alpha value is -1.35. The van der Waals surface area contributed by atoms with E-state index in [9.17, 15) is 4.79 Å². The summed E-state index contributed by atoms with van der Waals surface area (Å²) in [6.07, 6.45) is 2.00. The summed E-state index contributed by atoms with van der Waals surface area (Å²) in [5.74, 6) is 0.546. The number of rotatable bonds is 1. The molecule has 3 nitrogen and oxygen atoms in total. The summed E-state index contributed by atoms with van der Waals surface area (Å²) in [6.45, 7) is 3.52. The normalized spacial score (nSPS) is 23.5. The molecule has 1 N–H and O–H groups in total. The summed E-state index contributed by atoms with van der Waals surface area (Å²) < 4.78 is 0. The second kappa shape index (κ2) is 4.49. The molecule has 2 aliphatic heterocycles. The van der Waals surface area contributed by atoms with Crippen LogP contribution in [0.15, 0.2) is 24.3 Å². The van der Waals surface area contributed by atoms with Crippen LogP contribution < -0.4 is 5.32 Å². The fraction of sp³-hybridized carbons (Fsp3) is 0.500. The van der Waals surface area contributed by atoms with Crippen LogP contribution in [0.2, 0.25) is 0 Å². The third kappa shape index (κ3) is 2.07. The van der Waals surface area contributed by atoms with Gasteiger partial charge in [-0.25, -0.2) is 0 Å². The summed E-state index contributed by atoms with van der Waals surface area (Å²) in [6, 6.07) is 8.46. The van der Waals surface area contributed by atoms with Crippen LogP contribution in [0.5, 0.6) is 0 Å². The highest BCUT2D eigenvalue weighted by molar-refractivity contribution is 5.79. The van der Waals surface area contributed by atoms with Crippen molar-refractivity contribution in [3.8, 4) is 0 Å². The second-order valence-electron chi connectivity index (χ2n) is 4.97. The van der Waals surface area contributed by atoms with Crippen LogP contribution in [0, 0.1) is 5.92 Å². The van der Waals surface area contributed by atoms with Crippen molar-refractivity contribution in [1.82, 2.24) is 10.2 Å². The molecule has 0 radical (unpaired) electrons. The topological polar surface area (TPSA) is 32.3 Å². The van der Waals surface area contributed by atoms with E-state index in [4.69, 9.17) is 0 Å². The molecule has 0 bridgehead atoms. The van der Waals surface area contributed by atoms with Gasteiger partial charge in [0.1, 0.15) is 0 Å². The first-order valence-electron chi connectivity index (χ1n) is 6.41. The molecule has 0 aromatic heterocycles. The summed E-state index contributed by atoms with van der Waals surface area (Å²) in [5, 5.41) is 3.26. The highest BCUT2D eigenvalue weighted by Crippen LogP contribution is 2.21. The Labute approximate surface area is 102 Å². The summed E-state index contributed by atoms with van der Waals surface area (Å²) in [5.41, 5.74) is 2.72. The molecule has 1 unspecified atom stereocenters. The zero-order valence-corrected chi connectivity index (χ0v) is 9.98. The highest BCUT2D eigenvalue weighted by atomic mass is 16.2. The summed E-state index contributed by atoms with van der Waals surface area (Å²) >= 11 is 0. The lowest BCUT2D eigenvalue weighted by Gasteiger charge is -2.30. The minimum Gasteiger partial charge on any atom is -0.338 e. The third-order valence-corrected chi connectivity index (χ3v) is 3.85. The van der Waals surface area contributed by atoms with E-state index in [1.165, 1.54) is 11.1 Å². The van der Waals surface area contributed by atoms with E-state index in [0.717, 1.165) is 39.0 Å². The van der Waals surface area contributed by atoms with Crippen molar-refractivity contribution in [3.63, 3.8) is 0 Å². The van der Waals surface area contributed by atoms with E-state index in [2.05, 4.69) is 29.6 Å². The van der Waals surface area contributed by atoms with Crippen molar-refractivity contribution in [1.29, 1.82) is 0 Å². The molecule has 3 heteroatoms. The lowest BCUT2D eigenvalue weighted by Crippen LogP contribution is -2.40. The van der Waals surface area contributed by atoms with E-state index in [-0.39, 0.29) is 5.92 Å². The summed E-state index contributed by atoms with van der Waals surface area (Å²) in [7, 11) is 0. The van der Waals surface area contributed by atoms with Crippen LogP contribution in [-0.2, 0) is 17.8 Å². The van der Waals surface area contributed by atoms with Crippen molar-refractivity contribution < 1.29 is 4.79 Å². The van der Waals surface area contributed by atoms with Gasteiger partial charge in [0.05, 0.1) is 5.92 Å². The third-order valence-electron chi connectivity index (χ3n) is 3.85. The average molecular weight is 230 g/mol. The maximum absolute atomic E-state index is 12.3. The fourth-order valence-electron chi connectivity index (χ4n) is 2.81. The van der Waals surface area contributed by atoms with Gasteiger partial charge in [-0.2, -0.15) is 0 Å². The molecule has 2 aliphatic rings. The Kier molecular flexibility index (Phi) is 2.85. The average Bonchev–Trinajstić information content (AvgIpc) is 2.91. The first kappa shape index (κ1) is 10.8. The Morgan fingerprint density at radius 3 is 2.88 bits per heavy atom. The van der Waals surface area contributed by atoms with E-state index in [0.29, 0.717) is 5.91 Å². The quantitative estimate of drug-likeness (QED) is 0.785. The molecule has 1 aromatic carbocycles. The number of benzene rings is 1. The van der Waals surface area contributed by atoms with Crippen molar-refractivity contribution in [2.75, 3.05) is 19.6 Å². The number of nitrogens with zero attached hydrogens (tertiary/aromatic N) is 1. The van der Waals surface area contributed by atoms with Crippen LogP contribution >= 0.6 is 0 Å². The predicted octanol–water partition coefficient (Wildman–Crippen LogP) is 1.18. The Balaban J connectivity index is 1.73. The van der Waals surface area contributed by atoms with Crippen molar-refractivity contribution in [3.05, 3.63) is 35.4 Å². The number of carbonyl (C=O) groups excluding carboxylic acids is 1. The lowest BCUT2D eigenvalue weighted by atomic mass is 9.98. The van der Waals surface area contributed by atoms with Gasteiger partial charge >= 0.3 is 0 Å². The molecule has 0 saturated carbocycles. The smallest absolute Gasteiger partial charge is 0.227 e. The standard InChI is InChI=1S/C14H18N2O/c17-14(12-5-7-15-9-12)16-8-6-11-3-1-2-4-13(11)10-16/h1-4,12,15H,5-10H2. The largest absolute Gasteiger partial charge is 0.338 e. The molecular weight excluding hydrogens is 212 g/mol. The maximum atomic E-state index is 12.3. The minimum atomic E-state index is 0.209. The maximum Gasteiger partial charge on any atom is 0.227 e. The molecule has 0 aliphatic carbocycles. The minimum absolute atomic E-state index is 0.209. The molecule has 1 aromatic rings. The van der Waals surface area contributed by atoms with Crippen LogP contribution in [0.1, 0.15) is 17.5 Å². The number of nitrogens with one attached hydrogen (secondary N) is 1. The molecule has 17 heavy (non-hydrogen) atoms. The second-order valence-corrected chi connectivity index (χ2v) is 4.97. The fourth-order valence-corrected chi connectivity index (χ4v) is 2.81. The van der Waals surface area contributed by atoms with Crippen molar-refractivity contribution in [2.45, 2.75) is 19.4 Å². The predicted molar refractivity (Wildman–Crippen MR) is 66.5 cm³/mol. The molecule has 1 atom stereocenters. The van der Waals surface area contributed by atoms with Gasteiger partial charge in [0, 0.05) is 19.6 Å². The van der Waals surface area contributed by atoms with Crippen molar-refractivity contribution in [2.24, 2.45) is 5.92 Å². The molecule has 0 spiro atoms. The monoisotopic (exact) mass is 230 g/mol. The Morgan fingerprint density at radius 1 is 1.29 bits per heavy atom. The molecule has 3 rings (SSSR count). The number of amides is 1. The molecule has 1 saturated heterocycles. The summed E-state index contributed by atoms with van der Waals surface area (Å²) in [4.78, 5) is 14.3. The molecule has 1 amide bonds. The van der Waals surface area contributed by atoms with Crippen LogP contribution in [0.4, 0.5) is 0 Å². The van der Waals surface area contributed by atoms with Gasteiger partial charge in [-0.1, -0.05) is 24.3 Å². The van der Waals surface area contributed by atoms with Gasteiger partial charge in [0.15, 0.2) is 0 Å². The van der Waals surface area contributed by atoms with E-state index in [1.54, 1.807) is 0 Å². The zero-order chi connectivity index (χ0) is 11.7. The number of hydrogen-bond donors (Lipinski definition) is 1. The molecular formula is C14H18N2O. The van der Waals surface area contributed by atoms with Gasteiger partial charge in [-0.05, 0) is 30.5 Å². The SMILES string of the molecule is O=C(C1CCNC1)N1CCc2ccccc2C1.